The van der Waals surface area contributed by atoms with E-state index >= 15 is 0 Å². The Bertz CT molecular complexity index is 1970. The summed E-state index contributed by atoms with van der Waals surface area (Å²) in [5, 5.41) is 19.0. The molecule has 0 aliphatic carbocycles. The van der Waals surface area contributed by atoms with Crippen LogP contribution in [0.3, 0.4) is 0 Å². The summed E-state index contributed by atoms with van der Waals surface area (Å²) in [4.78, 5) is 17.5. The van der Waals surface area contributed by atoms with Crippen molar-refractivity contribution in [3.8, 4) is 11.5 Å². The van der Waals surface area contributed by atoms with Crippen molar-refractivity contribution in [1.82, 2.24) is 9.80 Å². The van der Waals surface area contributed by atoms with Crippen LogP contribution in [-0.4, -0.2) is 92.8 Å². The van der Waals surface area contributed by atoms with Crippen LogP contribution in [0.4, 0.5) is 26.3 Å². The van der Waals surface area contributed by atoms with Gasteiger partial charge < -0.3 is 21.1 Å². The van der Waals surface area contributed by atoms with Crippen LogP contribution in [0, 0.1) is 11.8 Å². The predicted octanol–water partition coefficient (Wildman–Crippen LogP) is 9.20. The predicted molar refractivity (Wildman–Crippen MR) is 247 cm³/mol. The van der Waals surface area contributed by atoms with E-state index in [2.05, 4.69) is 9.80 Å². The van der Waals surface area contributed by atoms with Gasteiger partial charge in [0.2, 0.25) is 0 Å². The molecule has 5 atom stereocenters. The van der Waals surface area contributed by atoms with Gasteiger partial charge in [0.15, 0.2) is 5.78 Å². The van der Waals surface area contributed by atoms with E-state index in [1.165, 1.54) is 24.3 Å². The molecule has 4 aromatic carbocycles. The van der Waals surface area contributed by atoms with Crippen LogP contribution in [0.2, 0.25) is 10.0 Å². The van der Waals surface area contributed by atoms with E-state index in [4.69, 9.17) is 37.8 Å². The first-order valence-electron chi connectivity index (χ1n) is 21.7. The molecule has 17 heteroatoms. The van der Waals surface area contributed by atoms with Gasteiger partial charge >= 0.3 is 41.9 Å². The molecular formula is C49H61BCl2F6N2NaO5. The number of nitrogens with zero attached hydrogens (tertiary/aromatic N) is 2. The van der Waals surface area contributed by atoms with Crippen molar-refractivity contribution in [3.05, 3.63) is 129 Å². The van der Waals surface area contributed by atoms with Gasteiger partial charge in [-0.1, -0.05) is 62.0 Å². The van der Waals surface area contributed by atoms with Crippen molar-refractivity contribution in [1.29, 1.82) is 0 Å². The number of ether oxygens (including phenoxy) is 2. The zero-order valence-corrected chi connectivity index (χ0v) is 41.7. The summed E-state index contributed by atoms with van der Waals surface area (Å²) < 4.78 is 87.4. The summed E-state index contributed by atoms with van der Waals surface area (Å²) in [6.07, 6.45) is -1.11. The number of likely N-dealkylation sites (tertiary alicyclic amines) is 2. The number of hydrogen-bond donors (Lipinski definition) is 2. The van der Waals surface area contributed by atoms with E-state index in [1.807, 2.05) is 26.0 Å². The minimum atomic E-state index is -4.35. The minimum absolute atomic E-state index is 0. The fourth-order valence-electron chi connectivity index (χ4n) is 8.15. The van der Waals surface area contributed by atoms with Crippen molar-refractivity contribution in [2.75, 3.05) is 46.5 Å². The van der Waals surface area contributed by atoms with E-state index in [1.54, 1.807) is 36.4 Å². The van der Waals surface area contributed by atoms with Crippen molar-refractivity contribution >= 4 is 37.4 Å². The number of aliphatic hydroxyl groups excluding tert-OH is 2. The minimum Gasteiger partial charge on any atom is -1.00 e. The van der Waals surface area contributed by atoms with Gasteiger partial charge in [-0.15, -0.1) is 0 Å². The van der Waals surface area contributed by atoms with E-state index in [0.29, 0.717) is 58.9 Å². The molecule has 66 heavy (non-hydrogen) atoms. The summed E-state index contributed by atoms with van der Waals surface area (Å²) in [5.74, 6) is 0.890. The number of Topliss-reactive ketones (excluding diaryl/α,β-unsaturated/α-hetero) is 1. The standard InChI is InChI=1S/C24H29ClF3NO2.C24H27ClF3NO2.CH4O.B.Na.H/c2*1-17(23(30)18-5-9-20(25)10-6-18)16-29-14-3-2-4-21(29)13-15-31-22-11-7-19(8-12-22)24(26,27)28;1-2;;;/h5-12,17,21,23,30H,2-4,13-16H2,1H3;5-12,17,21H,2-4,13-16H2,1H3;2H,1H3;;;/q;;;;+1;-1. The normalized spacial score (nSPS) is 18.1. The number of rotatable bonds is 16. The molecule has 0 bridgehead atoms. The zero-order chi connectivity index (χ0) is 46.9. The molecule has 0 amide bonds. The Balaban J connectivity index is 0.000000619. The number of carbonyl (C=O) groups is 1. The SMILES string of the molecule is CC(CN1CCCCC1CCOc1ccc(C(F)(F)F)cc1)C(=O)c1ccc(Cl)cc1.CC(CN1CCCCC1CCOc1ccc(C(F)(F)F)cc1)C(O)c1ccc(Cl)cc1.CO.[B].[H-].[Na+]. The topological polar surface area (TPSA) is 82.5 Å². The number of carbonyl (C=O) groups excluding carboxylic acids is 1. The summed E-state index contributed by atoms with van der Waals surface area (Å²) in [5.41, 5.74) is 0.163. The largest absolute Gasteiger partial charge is 1.00 e. The number of aliphatic hydroxyl groups is 2. The zero-order valence-electron chi connectivity index (χ0n) is 39.1. The van der Waals surface area contributed by atoms with Crippen LogP contribution in [0.5, 0.6) is 11.5 Å². The Hall–Kier alpha value is -2.79. The summed E-state index contributed by atoms with van der Waals surface area (Å²) >= 11 is 11.8. The number of alkyl halides is 6. The maximum absolute atomic E-state index is 12.8. The molecule has 0 saturated carbocycles. The van der Waals surface area contributed by atoms with Gasteiger partial charge in [0.25, 0.3) is 0 Å². The number of ketones is 1. The molecule has 357 valence electrons. The molecule has 2 saturated heterocycles. The molecule has 2 aliphatic rings. The Labute approximate surface area is 421 Å². The van der Waals surface area contributed by atoms with E-state index in [9.17, 15) is 36.2 Å². The number of benzene rings is 4. The molecule has 0 aromatic heterocycles. The van der Waals surface area contributed by atoms with Gasteiger partial charge in [-0.3, -0.25) is 14.6 Å². The molecule has 5 unspecified atom stereocenters. The summed E-state index contributed by atoms with van der Waals surface area (Å²) in [6, 6.07) is 24.5. The first kappa shape index (κ1) is 59.3. The van der Waals surface area contributed by atoms with Crippen molar-refractivity contribution in [2.45, 2.75) is 95.8 Å². The van der Waals surface area contributed by atoms with Gasteiger partial charge in [0.1, 0.15) is 11.5 Å². The van der Waals surface area contributed by atoms with Gasteiger partial charge in [0, 0.05) is 62.2 Å². The average molecular weight is 977 g/mol. The Kier molecular flexibility index (Phi) is 26.3. The molecule has 0 spiro atoms. The van der Waals surface area contributed by atoms with Crippen LogP contribution < -0.4 is 39.0 Å². The van der Waals surface area contributed by atoms with Crippen molar-refractivity contribution in [2.24, 2.45) is 11.8 Å². The molecule has 2 aliphatic heterocycles. The second kappa shape index (κ2) is 29.3. The third-order valence-corrected chi connectivity index (χ3v) is 12.2. The van der Waals surface area contributed by atoms with Crippen LogP contribution in [0.25, 0.3) is 0 Å². The van der Waals surface area contributed by atoms with E-state index in [-0.39, 0.29) is 57.0 Å². The molecule has 2 fully saturated rings. The van der Waals surface area contributed by atoms with E-state index in [0.717, 1.165) is 108 Å². The monoisotopic (exact) mass is 975 g/mol. The first-order chi connectivity index (χ1) is 30.5. The number of piperidine rings is 2. The van der Waals surface area contributed by atoms with Crippen molar-refractivity contribution < 1.29 is 81.8 Å². The van der Waals surface area contributed by atoms with Crippen molar-refractivity contribution in [3.63, 3.8) is 0 Å². The second-order valence-corrected chi connectivity index (χ2v) is 17.2. The smallest absolute Gasteiger partial charge is 1.00 e. The summed E-state index contributed by atoms with van der Waals surface area (Å²) in [7, 11) is 1.00. The fraction of sp³-hybridized carbons (Fsp3) is 0.490. The van der Waals surface area contributed by atoms with Gasteiger partial charge in [-0.25, -0.2) is 0 Å². The van der Waals surface area contributed by atoms with Crippen LogP contribution >= 0.6 is 23.2 Å². The molecular weight excluding hydrogens is 915 g/mol. The molecule has 2 heterocycles. The maximum atomic E-state index is 12.8. The Morgan fingerprint density at radius 3 is 1.47 bits per heavy atom. The molecule has 6 rings (SSSR count). The molecule has 2 N–H and O–H groups in total. The molecule has 3 radical (unpaired) electrons. The molecule has 4 aromatic rings. The molecule has 7 nitrogen and oxygen atoms in total. The quantitative estimate of drug-likeness (QED) is 0.0659. The average Bonchev–Trinajstić information content (AvgIpc) is 3.28. The summed E-state index contributed by atoms with van der Waals surface area (Å²) in [6.45, 7) is 8.21. The fourth-order valence-corrected chi connectivity index (χ4v) is 8.40. The van der Waals surface area contributed by atoms with Crippen LogP contribution in [0.1, 0.15) is 99.8 Å². The van der Waals surface area contributed by atoms with Crippen LogP contribution in [-0.2, 0) is 12.4 Å². The first-order valence-corrected chi connectivity index (χ1v) is 22.5. The number of halogens is 8. The third kappa shape index (κ3) is 19.3. The Morgan fingerprint density at radius 2 is 1.06 bits per heavy atom. The van der Waals surface area contributed by atoms with E-state index < -0.39 is 29.6 Å². The second-order valence-electron chi connectivity index (χ2n) is 16.4. The maximum Gasteiger partial charge on any atom is 1.00 e. The number of hydrogen-bond acceptors (Lipinski definition) is 7. The van der Waals surface area contributed by atoms with Gasteiger partial charge in [-0.05, 0) is 148 Å². The van der Waals surface area contributed by atoms with Gasteiger partial charge in [-0.2, -0.15) is 26.3 Å². The third-order valence-electron chi connectivity index (χ3n) is 11.7. The van der Waals surface area contributed by atoms with Crippen LogP contribution in [0.15, 0.2) is 97.1 Å². The Morgan fingerprint density at radius 1 is 0.667 bits per heavy atom. The van der Waals surface area contributed by atoms with Gasteiger partial charge in [0.05, 0.1) is 30.4 Å².